The van der Waals surface area contributed by atoms with Crippen molar-refractivity contribution in [3.8, 4) is 21.8 Å². The molecule has 1 fully saturated rings. The number of hydrogen-bond acceptors (Lipinski definition) is 6. The van der Waals surface area contributed by atoms with Crippen molar-refractivity contribution in [3.05, 3.63) is 82.9 Å². The van der Waals surface area contributed by atoms with Gasteiger partial charge in [-0.15, -0.1) is 21.5 Å². The molecule has 4 aromatic rings. The van der Waals surface area contributed by atoms with Gasteiger partial charge in [0, 0.05) is 37.3 Å². The summed E-state index contributed by atoms with van der Waals surface area (Å²) in [5.41, 5.74) is 4.99. The van der Waals surface area contributed by atoms with Gasteiger partial charge in [-0.1, -0.05) is 60.2 Å². The van der Waals surface area contributed by atoms with Gasteiger partial charge in [-0.2, -0.15) is 0 Å². The Morgan fingerprint density at radius 3 is 2.21 bits per heavy atom. The van der Waals surface area contributed by atoms with Crippen molar-refractivity contribution < 1.29 is 4.79 Å². The van der Waals surface area contributed by atoms with E-state index < -0.39 is 0 Å². The first-order valence-electron chi connectivity index (χ1n) is 11.1. The maximum absolute atomic E-state index is 13.2. The number of rotatable bonds is 4. The molecule has 0 N–H and O–H groups in total. The number of piperazine rings is 1. The first kappa shape index (κ1) is 21.3. The third-order valence-electron chi connectivity index (χ3n) is 5.90. The van der Waals surface area contributed by atoms with Crippen molar-refractivity contribution in [2.45, 2.75) is 13.8 Å². The molecule has 1 saturated heterocycles. The number of carbonyl (C=O) groups is 1. The normalized spacial score (nSPS) is 13.9. The van der Waals surface area contributed by atoms with Crippen molar-refractivity contribution in [2.75, 3.05) is 31.1 Å². The van der Waals surface area contributed by atoms with Gasteiger partial charge >= 0.3 is 0 Å². The van der Waals surface area contributed by atoms with Gasteiger partial charge in [0.15, 0.2) is 5.82 Å². The molecular weight excluding hydrogens is 430 g/mol. The van der Waals surface area contributed by atoms with Gasteiger partial charge in [0.25, 0.3) is 5.91 Å². The molecule has 5 rings (SSSR count). The Hall–Kier alpha value is -3.58. The minimum Gasteiger partial charge on any atom is -0.352 e. The number of carbonyl (C=O) groups excluding carboxylic acids is 1. The molecule has 0 unspecified atom stereocenters. The highest BCUT2D eigenvalue weighted by Gasteiger charge is 2.26. The smallest absolute Gasteiger partial charge is 0.265 e. The molecule has 0 radical (unpaired) electrons. The quantitative estimate of drug-likeness (QED) is 0.440. The molecule has 1 aliphatic heterocycles. The number of benzene rings is 2. The average molecular weight is 456 g/mol. The first-order valence-corrected chi connectivity index (χ1v) is 11.9. The topological polar surface area (TPSA) is 62.2 Å². The fraction of sp³-hybridized carbons (Fsp3) is 0.231. The van der Waals surface area contributed by atoms with Gasteiger partial charge in [-0.3, -0.25) is 4.79 Å². The molecule has 33 heavy (non-hydrogen) atoms. The molecule has 2 aromatic heterocycles. The monoisotopic (exact) mass is 455 g/mol. The van der Waals surface area contributed by atoms with Crippen LogP contribution in [-0.4, -0.2) is 52.2 Å². The summed E-state index contributed by atoms with van der Waals surface area (Å²) in [5.74, 6) is 0.908. The molecule has 7 heteroatoms. The van der Waals surface area contributed by atoms with Crippen LogP contribution < -0.4 is 4.90 Å². The lowest BCUT2D eigenvalue weighted by atomic mass is 10.1. The Morgan fingerprint density at radius 1 is 0.818 bits per heavy atom. The Bertz CT molecular complexity index is 1240. The van der Waals surface area contributed by atoms with E-state index in [1.54, 1.807) is 0 Å². The summed E-state index contributed by atoms with van der Waals surface area (Å²) in [5, 5.41) is 9.75. The predicted molar refractivity (Wildman–Crippen MR) is 133 cm³/mol. The molecule has 0 saturated carbocycles. The van der Waals surface area contributed by atoms with E-state index in [-0.39, 0.29) is 5.91 Å². The second kappa shape index (κ2) is 9.11. The molecule has 3 heterocycles. The van der Waals surface area contributed by atoms with Crippen LogP contribution in [-0.2, 0) is 0 Å². The summed E-state index contributed by atoms with van der Waals surface area (Å²) in [6.45, 7) is 6.75. The molecule has 166 valence electrons. The maximum atomic E-state index is 13.2. The van der Waals surface area contributed by atoms with Crippen molar-refractivity contribution in [1.29, 1.82) is 0 Å². The lowest BCUT2D eigenvalue weighted by Crippen LogP contribution is -2.49. The Labute approximate surface area is 197 Å². The summed E-state index contributed by atoms with van der Waals surface area (Å²) in [6.07, 6.45) is 0. The van der Waals surface area contributed by atoms with E-state index >= 15 is 0 Å². The highest BCUT2D eigenvalue weighted by molar-refractivity contribution is 7.17. The third-order valence-corrected chi connectivity index (χ3v) is 7.09. The number of hydrogen-bond donors (Lipinski definition) is 0. The third kappa shape index (κ3) is 4.50. The molecule has 1 aliphatic rings. The predicted octanol–water partition coefficient (Wildman–Crippen LogP) is 4.85. The molecule has 0 atom stereocenters. The molecule has 6 nitrogen and oxygen atoms in total. The second-order valence-electron chi connectivity index (χ2n) is 8.22. The zero-order valence-electron chi connectivity index (χ0n) is 18.7. The van der Waals surface area contributed by atoms with Crippen LogP contribution in [0.3, 0.4) is 0 Å². The maximum Gasteiger partial charge on any atom is 0.265 e. The first-order chi connectivity index (χ1) is 16.1. The van der Waals surface area contributed by atoms with E-state index in [9.17, 15) is 4.79 Å². The van der Waals surface area contributed by atoms with E-state index in [0.29, 0.717) is 13.1 Å². The Morgan fingerprint density at radius 2 is 1.55 bits per heavy atom. The molecule has 0 aliphatic carbocycles. The zero-order chi connectivity index (χ0) is 22.8. The van der Waals surface area contributed by atoms with Gasteiger partial charge in [0.05, 0.1) is 11.4 Å². The minimum atomic E-state index is 0.0626. The van der Waals surface area contributed by atoms with E-state index in [1.807, 2.05) is 54.3 Å². The molecule has 2 aromatic carbocycles. The summed E-state index contributed by atoms with van der Waals surface area (Å²) in [6, 6.07) is 22.3. The lowest BCUT2D eigenvalue weighted by Gasteiger charge is -2.35. The fourth-order valence-corrected chi connectivity index (χ4v) is 4.99. The Kier molecular flexibility index (Phi) is 5.88. The number of nitrogens with zero attached hydrogens (tertiary/aromatic N) is 5. The summed E-state index contributed by atoms with van der Waals surface area (Å²) < 4.78 is 0. The van der Waals surface area contributed by atoms with E-state index in [0.717, 1.165) is 51.3 Å². The number of thiazole rings is 1. The van der Waals surface area contributed by atoms with E-state index in [1.165, 1.54) is 16.9 Å². The van der Waals surface area contributed by atoms with Crippen molar-refractivity contribution in [2.24, 2.45) is 0 Å². The van der Waals surface area contributed by atoms with Gasteiger partial charge in [-0.25, -0.2) is 4.98 Å². The number of anilines is 1. The van der Waals surface area contributed by atoms with Gasteiger partial charge in [0.2, 0.25) is 0 Å². The molecular formula is C26H25N5OS. The lowest BCUT2D eigenvalue weighted by molar-refractivity contribution is 0.0750. The highest BCUT2D eigenvalue weighted by Crippen LogP contribution is 2.29. The van der Waals surface area contributed by atoms with Crippen LogP contribution in [0.5, 0.6) is 0 Å². The second-order valence-corrected chi connectivity index (χ2v) is 9.22. The Balaban J connectivity index is 1.23. The standard InChI is InChI=1S/C26H25N5OS/c1-18-8-10-20(11-9-18)22-12-13-23(29-28-22)30-14-16-31(17-15-30)26(32)24-19(2)27-25(33-24)21-6-4-3-5-7-21/h3-13H,14-17H2,1-2H3. The molecule has 1 amide bonds. The van der Waals surface area contributed by atoms with Crippen molar-refractivity contribution in [1.82, 2.24) is 20.1 Å². The molecule has 0 bridgehead atoms. The molecule has 0 spiro atoms. The summed E-state index contributed by atoms with van der Waals surface area (Å²) in [4.78, 5) is 22.7. The average Bonchev–Trinajstić information content (AvgIpc) is 3.26. The zero-order valence-corrected chi connectivity index (χ0v) is 19.5. The van der Waals surface area contributed by atoms with Crippen LogP contribution in [0.1, 0.15) is 20.9 Å². The van der Waals surface area contributed by atoms with Crippen LogP contribution in [0.25, 0.3) is 21.8 Å². The van der Waals surface area contributed by atoms with Crippen LogP contribution >= 0.6 is 11.3 Å². The SMILES string of the molecule is Cc1ccc(-c2ccc(N3CCN(C(=O)c4sc(-c5ccccc5)nc4C)CC3)nn2)cc1. The van der Waals surface area contributed by atoms with Gasteiger partial charge in [0.1, 0.15) is 9.88 Å². The fourth-order valence-electron chi connectivity index (χ4n) is 3.95. The number of aryl methyl sites for hydroxylation is 2. The van der Waals surface area contributed by atoms with Crippen LogP contribution in [0.15, 0.2) is 66.7 Å². The van der Waals surface area contributed by atoms with Crippen LogP contribution in [0.4, 0.5) is 5.82 Å². The number of aromatic nitrogens is 3. The van der Waals surface area contributed by atoms with Crippen LogP contribution in [0.2, 0.25) is 0 Å². The summed E-state index contributed by atoms with van der Waals surface area (Å²) >= 11 is 1.47. The summed E-state index contributed by atoms with van der Waals surface area (Å²) in [7, 11) is 0. The number of amides is 1. The van der Waals surface area contributed by atoms with Gasteiger partial charge < -0.3 is 9.80 Å². The van der Waals surface area contributed by atoms with E-state index in [4.69, 9.17) is 0 Å². The van der Waals surface area contributed by atoms with Gasteiger partial charge in [-0.05, 0) is 26.0 Å². The van der Waals surface area contributed by atoms with Crippen molar-refractivity contribution >= 4 is 23.1 Å². The minimum absolute atomic E-state index is 0.0626. The van der Waals surface area contributed by atoms with Crippen LogP contribution in [0, 0.1) is 13.8 Å². The largest absolute Gasteiger partial charge is 0.352 e. The van der Waals surface area contributed by atoms with E-state index in [2.05, 4.69) is 51.3 Å². The highest BCUT2D eigenvalue weighted by atomic mass is 32.1. The van der Waals surface area contributed by atoms with Crippen molar-refractivity contribution in [3.63, 3.8) is 0 Å².